The molecule has 2 aromatic rings. The molecule has 0 aliphatic carbocycles. The van der Waals surface area contributed by atoms with Crippen LogP contribution in [-0.2, 0) is 4.74 Å². The minimum absolute atomic E-state index is 0.0243. The molecule has 0 amide bonds. The molecule has 4 aliphatic rings. The number of hydrogen-bond acceptors (Lipinski definition) is 6. The van der Waals surface area contributed by atoms with Crippen LogP contribution in [0.3, 0.4) is 0 Å². The molecule has 240 valence electrons. The van der Waals surface area contributed by atoms with Gasteiger partial charge in [-0.2, -0.15) is 4.99 Å². The second kappa shape index (κ2) is 14.8. The number of nitrogens with one attached hydrogen (secondary N) is 1. The third kappa shape index (κ3) is 7.60. The summed E-state index contributed by atoms with van der Waals surface area (Å²) in [7, 11) is 1.63. The zero-order valence-electron chi connectivity index (χ0n) is 27.0. The number of pyridine rings is 1. The van der Waals surface area contributed by atoms with Crippen molar-refractivity contribution >= 4 is 5.84 Å². The van der Waals surface area contributed by atoms with E-state index in [0.29, 0.717) is 53.0 Å². The monoisotopic (exact) mass is 609 g/mol. The van der Waals surface area contributed by atoms with E-state index in [4.69, 9.17) is 14.5 Å². The molecule has 44 heavy (non-hydrogen) atoms. The highest BCUT2D eigenvalue weighted by Gasteiger charge is 2.36. The maximum atomic E-state index is 15.9. The number of benzene rings is 1. The zero-order chi connectivity index (χ0) is 31.2. The molecular formula is C35H49F2N5O2. The fourth-order valence-corrected chi connectivity index (χ4v) is 6.86. The average Bonchev–Trinajstić information content (AvgIpc) is 3.69. The van der Waals surface area contributed by atoms with E-state index in [0.717, 1.165) is 57.6 Å². The second-order valence-corrected chi connectivity index (χ2v) is 12.8. The molecule has 0 saturated carbocycles. The fourth-order valence-electron chi connectivity index (χ4n) is 6.86. The van der Waals surface area contributed by atoms with E-state index in [1.165, 1.54) is 12.8 Å². The van der Waals surface area contributed by atoms with Gasteiger partial charge in [0.05, 0.1) is 13.2 Å². The van der Waals surface area contributed by atoms with Gasteiger partial charge in [0, 0.05) is 55.1 Å². The van der Waals surface area contributed by atoms with Gasteiger partial charge in [-0.1, -0.05) is 25.5 Å². The Kier molecular flexibility index (Phi) is 10.9. The smallest absolute Gasteiger partial charge is 0.210 e. The van der Waals surface area contributed by atoms with Crippen LogP contribution in [0.5, 0.6) is 5.75 Å². The summed E-state index contributed by atoms with van der Waals surface area (Å²) in [5, 5.41) is 3.66. The van der Waals surface area contributed by atoms with Crippen molar-refractivity contribution in [1.29, 1.82) is 0 Å². The van der Waals surface area contributed by atoms with Gasteiger partial charge in [0.1, 0.15) is 23.5 Å². The summed E-state index contributed by atoms with van der Waals surface area (Å²) in [4.78, 5) is 14.1. The highest BCUT2D eigenvalue weighted by Crippen LogP contribution is 2.34. The molecule has 1 aromatic carbocycles. The lowest BCUT2D eigenvalue weighted by Gasteiger charge is -2.35. The Hall–Kier alpha value is -3.04. The van der Waals surface area contributed by atoms with E-state index in [9.17, 15) is 4.39 Å². The number of methoxy groups -OCH3 is 1. The maximum Gasteiger partial charge on any atom is 0.210 e. The first-order valence-electron chi connectivity index (χ1n) is 16.4. The normalized spacial score (nSPS) is 25.2. The number of para-hydroxylation sites is 1. The largest absolute Gasteiger partial charge is 0.490 e. The molecule has 4 aliphatic heterocycles. The molecular weight excluding hydrogens is 560 g/mol. The summed E-state index contributed by atoms with van der Waals surface area (Å²) in [6.07, 6.45) is 10.7. The molecule has 1 aromatic heterocycles. The SMILES string of the molecule is CCC/C=C(/N=C(\c1cnc(-c2ccccc2OC(C)C)c(F)c1C)N1CC2CCC(C1)N2)OC.FC1CC2CCCN2C1. The van der Waals surface area contributed by atoms with E-state index in [1.807, 2.05) is 44.2 Å². The van der Waals surface area contributed by atoms with Crippen molar-refractivity contribution in [3.63, 3.8) is 0 Å². The molecule has 4 unspecified atom stereocenters. The zero-order valence-corrected chi connectivity index (χ0v) is 27.0. The van der Waals surface area contributed by atoms with Crippen LogP contribution >= 0.6 is 0 Å². The van der Waals surface area contributed by atoms with E-state index < -0.39 is 6.17 Å². The van der Waals surface area contributed by atoms with E-state index >= 15 is 4.39 Å². The number of likely N-dealkylation sites (tertiary alicyclic amines) is 1. The second-order valence-electron chi connectivity index (χ2n) is 12.8. The molecule has 0 radical (unpaired) electrons. The van der Waals surface area contributed by atoms with Crippen molar-refractivity contribution in [3.8, 4) is 17.0 Å². The molecule has 5 heterocycles. The molecule has 4 saturated heterocycles. The topological polar surface area (TPSA) is 62.2 Å². The van der Waals surface area contributed by atoms with Crippen molar-refractivity contribution in [2.75, 3.05) is 33.3 Å². The number of allylic oxidation sites excluding steroid dienone is 1. The molecule has 7 nitrogen and oxygen atoms in total. The number of rotatable bonds is 8. The van der Waals surface area contributed by atoms with Crippen molar-refractivity contribution in [2.24, 2.45) is 4.99 Å². The number of hydrogen-bond donors (Lipinski definition) is 1. The summed E-state index contributed by atoms with van der Waals surface area (Å²) >= 11 is 0. The van der Waals surface area contributed by atoms with Crippen molar-refractivity contribution in [3.05, 3.63) is 59.4 Å². The Labute approximate surface area is 261 Å². The highest BCUT2D eigenvalue weighted by molar-refractivity contribution is 6.01. The van der Waals surface area contributed by atoms with Gasteiger partial charge in [-0.3, -0.25) is 9.88 Å². The number of fused-ring (bicyclic) bond motifs is 3. The van der Waals surface area contributed by atoms with Gasteiger partial charge in [-0.05, 0) is 89.6 Å². The number of nitrogens with zero attached hydrogens (tertiary/aromatic N) is 4. The van der Waals surface area contributed by atoms with Crippen LogP contribution in [0.4, 0.5) is 8.78 Å². The predicted octanol–water partition coefficient (Wildman–Crippen LogP) is 6.65. The fraction of sp³-hybridized carbons (Fsp3) is 0.600. The molecule has 4 fully saturated rings. The summed E-state index contributed by atoms with van der Waals surface area (Å²) < 4.78 is 40.0. The minimum atomic E-state index is -0.518. The number of halogens is 2. The van der Waals surface area contributed by atoms with Crippen LogP contribution < -0.4 is 10.1 Å². The van der Waals surface area contributed by atoms with Crippen LogP contribution in [0.1, 0.15) is 76.8 Å². The van der Waals surface area contributed by atoms with Crippen molar-refractivity contribution in [1.82, 2.24) is 20.1 Å². The summed E-state index contributed by atoms with van der Waals surface area (Å²) in [5.74, 6) is 1.53. The Morgan fingerprint density at radius 2 is 1.91 bits per heavy atom. The molecule has 2 bridgehead atoms. The first-order chi connectivity index (χ1) is 21.3. The van der Waals surface area contributed by atoms with Gasteiger partial charge in [0.15, 0.2) is 5.82 Å². The Morgan fingerprint density at radius 1 is 1.16 bits per heavy atom. The molecule has 9 heteroatoms. The number of unbranched alkanes of at least 4 members (excludes halogenated alkanes) is 1. The standard InChI is InChI=1S/C28H37FN4O2.C7H12FN/c1-6-7-12-25(34-5)32-28(33-16-20-13-14-21(17-33)31-20)23-15-30-27(26(29)19(23)4)22-10-8-9-11-24(22)35-18(2)3;8-6-4-7-2-1-3-9(7)5-6/h8-12,15,18,20-21,31H,6-7,13-14,16-17H2,1-5H3;6-7H,1-5H2/b25-12-,32-28+;. The quantitative estimate of drug-likeness (QED) is 0.206. The van der Waals surface area contributed by atoms with Gasteiger partial charge >= 0.3 is 0 Å². The summed E-state index contributed by atoms with van der Waals surface area (Å²) in [6, 6.07) is 8.91. The molecule has 6 rings (SSSR count). The van der Waals surface area contributed by atoms with Crippen LogP contribution in [-0.4, -0.2) is 84.3 Å². The number of alkyl halides is 1. The van der Waals surface area contributed by atoms with Crippen LogP contribution in [0.25, 0.3) is 11.3 Å². The third-order valence-electron chi connectivity index (χ3n) is 9.02. The minimum Gasteiger partial charge on any atom is -0.490 e. The number of aromatic nitrogens is 1. The van der Waals surface area contributed by atoms with Gasteiger partial charge < -0.3 is 19.7 Å². The van der Waals surface area contributed by atoms with Crippen LogP contribution in [0, 0.1) is 12.7 Å². The molecule has 0 spiro atoms. The van der Waals surface area contributed by atoms with E-state index in [1.54, 1.807) is 20.2 Å². The lowest BCUT2D eigenvalue weighted by molar-refractivity contribution is 0.243. The van der Waals surface area contributed by atoms with Crippen molar-refractivity contribution in [2.45, 2.75) is 103 Å². The number of piperazine rings is 1. The predicted molar refractivity (Wildman–Crippen MR) is 172 cm³/mol. The molecule has 4 atom stereocenters. The highest BCUT2D eigenvalue weighted by atomic mass is 19.1. The average molecular weight is 610 g/mol. The van der Waals surface area contributed by atoms with E-state index in [-0.39, 0.29) is 17.6 Å². The van der Waals surface area contributed by atoms with Crippen LogP contribution in [0.15, 0.2) is 47.4 Å². The number of aliphatic imine (C=N–C) groups is 1. The lowest BCUT2D eigenvalue weighted by atomic mass is 10.0. The van der Waals surface area contributed by atoms with Gasteiger partial charge in [-0.25, -0.2) is 8.78 Å². The first-order valence-corrected chi connectivity index (χ1v) is 16.4. The lowest BCUT2D eigenvalue weighted by Crippen LogP contribution is -2.53. The Bertz CT molecular complexity index is 1310. The van der Waals surface area contributed by atoms with E-state index in [2.05, 4.69) is 27.0 Å². The Morgan fingerprint density at radius 3 is 2.59 bits per heavy atom. The van der Waals surface area contributed by atoms with Crippen LogP contribution in [0.2, 0.25) is 0 Å². The maximum absolute atomic E-state index is 15.9. The van der Waals surface area contributed by atoms with Gasteiger partial charge in [0.2, 0.25) is 5.88 Å². The number of amidine groups is 1. The number of ether oxygens (including phenoxy) is 2. The Balaban J connectivity index is 0.000000361. The van der Waals surface area contributed by atoms with Gasteiger partial charge in [-0.15, -0.1) is 0 Å². The summed E-state index contributed by atoms with van der Waals surface area (Å²) in [6.45, 7) is 11.3. The first kappa shape index (κ1) is 32.4. The summed E-state index contributed by atoms with van der Waals surface area (Å²) in [5.41, 5.74) is 2.14. The van der Waals surface area contributed by atoms with Gasteiger partial charge in [0.25, 0.3) is 0 Å². The molecule has 1 N–H and O–H groups in total. The third-order valence-corrected chi connectivity index (χ3v) is 9.02. The van der Waals surface area contributed by atoms with Crippen molar-refractivity contribution < 1.29 is 18.3 Å².